The monoisotopic (exact) mass is 250 g/mol. The standard InChI is InChI=1S/C12H14N2O2S/c1-9-4-5-12-13-10(8-14(12)7-9)11-3-2-6-17(11,15)16/h4-5,7-8,11H,2-3,6H2,1H3. The van der Waals surface area contributed by atoms with Crippen molar-refractivity contribution in [2.45, 2.75) is 25.0 Å². The predicted octanol–water partition coefficient (Wildman–Crippen LogP) is 1.89. The lowest BCUT2D eigenvalue weighted by molar-refractivity contribution is 0.591. The van der Waals surface area contributed by atoms with Crippen molar-refractivity contribution in [3.8, 4) is 0 Å². The van der Waals surface area contributed by atoms with Gasteiger partial charge in [0.05, 0.1) is 11.4 Å². The highest BCUT2D eigenvalue weighted by atomic mass is 32.2. The summed E-state index contributed by atoms with van der Waals surface area (Å²) in [6.07, 6.45) is 5.26. The van der Waals surface area contributed by atoms with Gasteiger partial charge in [0.1, 0.15) is 10.9 Å². The van der Waals surface area contributed by atoms with Gasteiger partial charge in [-0.25, -0.2) is 13.4 Å². The molecule has 1 atom stereocenters. The molecule has 0 N–H and O–H groups in total. The molecule has 1 unspecified atom stereocenters. The second kappa shape index (κ2) is 3.57. The summed E-state index contributed by atoms with van der Waals surface area (Å²) in [4.78, 5) is 4.42. The number of sulfone groups is 1. The van der Waals surface area contributed by atoms with Crippen LogP contribution >= 0.6 is 0 Å². The maximum atomic E-state index is 11.9. The van der Waals surface area contributed by atoms with E-state index in [4.69, 9.17) is 0 Å². The van der Waals surface area contributed by atoms with E-state index in [0.29, 0.717) is 17.9 Å². The first kappa shape index (κ1) is 10.8. The number of aromatic nitrogens is 2. The number of hydrogen-bond donors (Lipinski definition) is 0. The van der Waals surface area contributed by atoms with Gasteiger partial charge >= 0.3 is 0 Å². The second-order valence-electron chi connectivity index (χ2n) is 4.64. The van der Waals surface area contributed by atoms with Crippen LogP contribution in [0.5, 0.6) is 0 Å². The lowest BCUT2D eigenvalue weighted by atomic mass is 10.2. The minimum atomic E-state index is -2.97. The molecule has 0 amide bonds. The van der Waals surface area contributed by atoms with Gasteiger partial charge in [0.25, 0.3) is 0 Å². The van der Waals surface area contributed by atoms with E-state index in [1.165, 1.54) is 0 Å². The van der Waals surface area contributed by atoms with Crippen LogP contribution in [0.2, 0.25) is 0 Å². The minimum absolute atomic E-state index is 0.296. The summed E-state index contributed by atoms with van der Waals surface area (Å²) >= 11 is 0. The number of hydrogen-bond acceptors (Lipinski definition) is 3. The number of imidazole rings is 1. The Labute approximate surface area is 100 Å². The number of pyridine rings is 1. The molecule has 2 aromatic heterocycles. The van der Waals surface area contributed by atoms with Gasteiger partial charge in [0.15, 0.2) is 9.84 Å². The van der Waals surface area contributed by atoms with E-state index in [9.17, 15) is 8.42 Å². The topological polar surface area (TPSA) is 51.4 Å². The fourth-order valence-electron chi connectivity index (χ4n) is 2.40. The van der Waals surface area contributed by atoms with Crippen molar-refractivity contribution in [3.05, 3.63) is 35.8 Å². The van der Waals surface area contributed by atoms with Crippen LogP contribution in [-0.2, 0) is 9.84 Å². The molecule has 5 heteroatoms. The number of nitrogens with zero attached hydrogens (tertiary/aromatic N) is 2. The van der Waals surface area contributed by atoms with E-state index in [1.807, 2.05) is 35.9 Å². The highest BCUT2D eigenvalue weighted by molar-refractivity contribution is 7.91. The summed E-state index contributed by atoms with van der Waals surface area (Å²) < 4.78 is 25.6. The molecule has 2 aromatic rings. The first-order valence-electron chi connectivity index (χ1n) is 5.73. The van der Waals surface area contributed by atoms with Gasteiger partial charge in [0.2, 0.25) is 0 Å². The molecule has 1 saturated heterocycles. The third-order valence-corrected chi connectivity index (χ3v) is 5.48. The van der Waals surface area contributed by atoms with Crippen LogP contribution in [0, 0.1) is 6.92 Å². The third-order valence-electron chi connectivity index (χ3n) is 3.28. The first-order chi connectivity index (χ1) is 8.06. The van der Waals surface area contributed by atoms with Crippen molar-refractivity contribution in [3.63, 3.8) is 0 Å². The molecular weight excluding hydrogens is 236 g/mol. The van der Waals surface area contributed by atoms with Crippen molar-refractivity contribution >= 4 is 15.5 Å². The quantitative estimate of drug-likeness (QED) is 0.776. The van der Waals surface area contributed by atoms with Gasteiger partial charge in [-0.2, -0.15) is 0 Å². The Kier molecular flexibility index (Phi) is 2.26. The largest absolute Gasteiger partial charge is 0.307 e. The summed E-state index contributed by atoms with van der Waals surface area (Å²) in [5.41, 5.74) is 2.64. The van der Waals surface area contributed by atoms with Gasteiger partial charge in [-0.15, -0.1) is 0 Å². The predicted molar refractivity (Wildman–Crippen MR) is 65.7 cm³/mol. The highest BCUT2D eigenvalue weighted by Gasteiger charge is 2.34. The van der Waals surface area contributed by atoms with Crippen LogP contribution in [-0.4, -0.2) is 23.6 Å². The Morgan fingerprint density at radius 3 is 2.88 bits per heavy atom. The molecule has 1 aliphatic rings. The average Bonchev–Trinajstić information content (AvgIpc) is 2.79. The van der Waals surface area contributed by atoms with Crippen molar-refractivity contribution in [2.24, 2.45) is 0 Å². The van der Waals surface area contributed by atoms with E-state index in [1.54, 1.807) is 0 Å². The molecule has 4 nitrogen and oxygen atoms in total. The number of aryl methyl sites for hydroxylation is 1. The van der Waals surface area contributed by atoms with Crippen molar-refractivity contribution < 1.29 is 8.42 Å². The molecule has 3 rings (SSSR count). The average molecular weight is 250 g/mol. The zero-order valence-corrected chi connectivity index (χ0v) is 10.4. The Morgan fingerprint density at radius 2 is 2.18 bits per heavy atom. The SMILES string of the molecule is Cc1ccc2nc(C3CCCS3(=O)=O)cn2c1. The summed E-state index contributed by atoms with van der Waals surface area (Å²) in [6.45, 7) is 2.01. The fraction of sp³-hybridized carbons (Fsp3) is 0.417. The summed E-state index contributed by atoms with van der Waals surface area (Å²) in [6, 6.07) is 3.90. The van der Waals surface area contributed by atoms with Gasteiger partial charge in [-0.1, -0.05) is 6.07 Å². The molecule has 0 radical (unpaired) electrons. The molecule has 1 aliphatic heterocycles. The van der Waals surface area contributed by atoms with E-state index in [0.717, 1.165) is 17.6 Å². The molecule has 0 aromatic carbocycles. The summed E-state index contributed by atoms with van der Waals surface area (Å²) in [7, 11) is -2.97. The third kappa shape index (κ3) is 1.74. The van der Waals surface area contributed by atoms with E-state index >= 15 is 0 Å². The van der Waals surface area contributed by atoms with E-state index < -0.39 is 15.1 Å². The summed E-state index contributed by atoms with van der Waals surface area (Å²) in [5, 5.41) is -0.400. The van der Waals surface area contributed by atoms with Gasteiger partial charge < -0.3 is 4.40 Å². The molecule has 17 heavy (non-hydrogen) atoms. The van der Waals surface area contributed by atoms with Crippen molar-refractivity contribution in [2.75, 3.05) is 5.75 Å². The Balaban J connectivity index is 2.12. The normalized spacial score (nSPS) is 23.2. The Morgan fingerprint density at radius 1 is 1.35 bits per heavy atom. The maximum absolute atomic E-state index is 11.9. The van der Waals surface area contributed by atoms with Gasteiger partial charge in [0, 0.05) is 12.4 Å². The fourth-order valence-corrected chi connectivity index (χ4v) is 4.26. The minimum Gasteiger partial charge on any atom is -0.307 e. The van der Waals surface area contributed by atoms with Crippen molar-refractivity contribution in [1.82, 2.24) is 9.38 Å². The lowest BCUT2D eigenvalue weighted by Gasteiger charge is -2.03. The zero-order chi connectivity index (χ0) is 12.0. The maximum Gasteiger partial charge on any atom is 0.158 e. The van der Waals surface area contributed by atoms with Crippen LogP contribution in [0.1, 0.15) is 29.3 Å². The number of rotatable bonds is 1. The Hall–Kier alpha value is -1.36. The molecule has 1 fully saturated rings. The molecule has 0 saturated carbocycles. The molecule has 0 spiro atoms. The lowest BCUT2D eigenvalue weighted by Crippen LogP contribution is -2.08. The van der Waals surface area contributed by atoms with Gasteiger partial charge in [-0.05, 0) is 31.4 Å². The van der Waals surface area contributed by atoms with Crippen molar-refractivity contribution in [1.29, 1.82) is 0 Å². The van der Waals surface area contributed by atoms with Crippen LogP contribution in [0.25, 0.3) is 5.65 Å². The Bertz CT molecular complexity index is 673. The van der Waals surface area contributed by atoms with Gasteiger partial charge in [-0.3, -0.25) is 0 Å². The van der Waals surface area contributed by atoms with Crippen LogP contribution in [0.15, 0.2) is 24.5 Å². The molecule has 90 valence electrons. The second-order valence-corrected chi connectivity index (χ2v) is 6.94. The molecule has 0 aliphatic carbocycles. The van der Waals surface area contributed by atoms with E-state index in [-0.39, 0.29) is 0 Å². The first-order valence-corrected chi connectivity index (χ1v) is 7.45. The zero-order valence-electron chi connectivity index (χ0n) is 9.63. The molecular formula is C12H14N2O2S. The van der Waals surface area contributed by atoms with Crippen LogP contribution < -0.4 is 0 Å². The summed E-state index contributed by atoms with van der Waals surface area (Å²) in [5.74, 6) is 0.296. The smallest absolute Gasteiger partial charge is 0.158 e. The van der Waals surface area contributed by atoms with Crippen LogP contribution in [0.3, 0.4) is 0 Å². The molecule has 0 bridgehead atoms. The van der Waals surface area contributed by atoms with E-state index in [2.05, 4.69) is 4.98 Å². The van der Waals surface area contributed by atoms with Crippen LogP contribution in [0.4, 0.5) is 0 Å². The molecule has 3 heterocycles. The highest BCUT2D eigenvalue weighted by Crippen LogP contribution is 2.33. The number of fused-ring (bicyclic) bond motifs is 1.